The van der Waals surface area contributed by atoms with Gasteiger partial charge in [0.2, 0.25) is 10.0 Å². The predicted molar refractivity (Wildman–Crippen MR) is 111 cm³/mol. The van der Waals surface area contributed by atoms with Gasteiger partial charge in [0.25, 0.3) is 0 Å². The van der Waals surface area contributed by atoms with Gasteiger partial charge in [-0.05, 0) is 46.5 Å². The monoisotopic (exact) mass is 455 g/mol. The minimum absolute atomic E-state index is 0.226. The fourth-order valence-electron chi connectivity index (χ4n) is 2.65. The first kappa shape index (κ1) is 21.7. The Morgan fingerprint density at radius 1 is 1.07 bits per heavy atom. The summed E-state index contributed by atoms with van der Waals surface area (Å²) in [6.07, 6.45) is 0.766. The number of sulfonamides is 1. The van der Waals surface area contributed by atoms with E-state index in [1.807, 2.05) is 12.1 Å². The zero-order valence-corrected chi connectivity index (χ0v) is 18.5. The molecule has 0 aromatic heterocycles. The van der Waals surface area contributed by atoms with Crippen molar-refractivity contribution in [2.24, 2.45) is 5.92 Å². The number of nitrogens with zero attached hydrogens (tertiary/aromatic N) is 1. The zero-order valence-electron chi connectivity index (χ0n) is 16.1. The number of halogens is 1. The summed E-state index contributed by atoms with van der Waals surface area (Å²) in [6, 6.07) is 12.3. The van der Waals surface area contributed by atoms with Crippen molar-refractivity contribution in [3.8, 4) is 11.5 Å². The molecule has 0 amide bonds. The number of hydrogen-bond acceptors (Lipinski definition) is 4. The quantitative estimate of drug-likeness (QED) is 0.549. The summed E-state index contributed by atoms with van der Waals surface area (Å²) in [6.45, 7) is 4.81. The molecule has 0 heterocycles. The van der Waals surface area contributed by atoms with E-state index in [0.29, 0.717) is 28.4 Å². The summed E-state index contributed by atoms with van der Waals surface area (Å²) in [4.78, 5) is 0.265. The molecule has 0 N–H and O–H groups in total. The first-order valence-electron chi connectivity index (χ1n) is 8.75. The summed E-state index contributed by atoms with van der Waals surface area (Å²) in [5, 5.41) is 0. The molecule has 2 aromatic carbocycles. The van der Waals surface area contributed by atoms with Crippen molar-refractivity contribution < 1.29 is 17.9 Å². The van der Waals surface area contributed by atoms with Gasteiger partial charge in [-0.2, -0.15) is 4.31 Å². The lowest BCUT2D eigenvalue weighted by atomic mass is 10.1. The Balaban J connectivity index is 2.42. The van der Waals surface area contributed by atoms with Crippen molar-refractivity contribution in [3.63, 3.8) is 0 Å². The lowest BCUT2D eigenvalue weighted by molar-refractivity contribution is 0.357. The molecule has 7 heteroatoms. The number of methoxy groups -OCH3 is 2. The average molecular weight is 456 g/mol. The number of rotatable bonds is 9. The molecular weight excluding hydrogens is 430 g/mol. The lowest BCUT2D eigenvalue weighted by Crippen LogP contribution is -2.32. The van der Waals surface area contributed by atoms with E-state index in [4.69, 9.17) is 9.47 Å². The Bertz CT molecular complexity index is 868. The minimum Gasteiger partial charge on any atom is -0.497 e. The van der Waals surface area contributed by atoms with Crippen LogP contribution >= 0.6 is 15.9 Å². The van der Waals surface area contributed by atoms with Gasteiger partial charge in [-0.15, -0.1) is 0 Å². The highest BCUT2D eigenvalue weighted by Crippen LogP contribution is 2.30. The van der Waals surface area contributed by atoms with Gasteiger partial charge in [-0.3, -0.25) is 0 Å². The molecule has 0 fully saturated rings. The summed E-state index contributed by atoms with van der Waals surface area (Å²) in [5.41, 5.74) is 0.790. The molecule has 0 radical (unpaired) electrons. The van der Waals surface area contributed by atoms with Crippen LogP contribution < -0.4 is 9.47 Å². The van der Waals surface area contributed by atoms with Crippen LogP contribution in [0.25, 0.3) is 0 Å². The molecular formula is C20H26BrNO4S. The lowest BCUT2D eigenvalue weighted by Gasteiger charge is -2.24. The van der Waals surface area contributed by atoms with Gasteiger partial charge >= 0.3 is 0 Å². The van der Waals surface area contributed by atoms with Crippen LogP contribution in [-0.2, 0) is 16.6 Å². The van der Waals surface area contributed by atoms with E-state index in [9.17, 15) is 8.42 Å². The van der Waals surface area contributed by atoms with Crippen LogP contribution in [0.15, 0.2) is 51.8 Å². The predicted octanol–water partition coefficient (Wildman–Crippen LogP) is 4.70. The molecule has 0 saturated carbocycles. The van der Waals surface area contributed by atoms with Gasteiger partial charge in [0, 0.05) is 29.2 Å². The Hall–Kier alpha value is -1.57. The van der Waals surface area contributed by atoms with E-state index in [-0.39, 0.29) is 11.4 Å². The molecule has 0 unspecified atom stereocenters. The molecule has 148 valence electrons. The fraction of sp³-hybridized carbons (Fsp3) is 0.400. The molecule has 0 aliphatic rings. The molecule has 2 aromatic rings. The fourth-order valence-corrected chi connectivity index (χ4v) is 5.05. The molecule has 0 bridgehead atoms. The molecule has 5 nitrogen and oxygen atoms in total. The maximum Gasteiger partial charge on any atom is 0.244 e. The van der Waals surface area contributed by atoms with E-state index in [1.165, 1.54) is 4.31 Å². The van der Waals surface area contributed by atoms with Crippen LogP contribution in [0.4, 0.5) is 0 Å². The molecule has 0 spiro atoms. The average Bonchev–Trinajstić information content (AvgIpc) is 2.64. The third-order valence-electron chi connectivity index (χ3n) is 4.25. The van der Waals surface area contributed by atoms with E-state index in [1.54, 1.807) is 44.6 Å². The molecule has 0 saturated heterocycles. The van der Waals surface area contributed by atoms with E-state index < -0.39 is 10.0 Å². The Morgan fingerprint density at radius 3 is 2.37 bits per heavy atom. The Morgan fingerprint density at radius 2 is 1.78 bits per heavy atom. The second-order valence-electron chi connectivity index (χ2n) is 6.63. The van der Waals surface area contributed by atoms with Gasteiger partial charge in [0.1, 0.15) is 11.5 Å². The standard InChI is InChI=1S/C20H26BrNO4S/c1-15(2)11-12-22(27(23,24)20-8-6-5-7-18(20)21)14-16-9-10-17(25-3)13-19(16)26-4/h5-10,13,15H,11-12,14H2,1-4H3. The van der Waals surface area contributed by atoms with Crippen molar-refractivity contribution in [1.82, 2.24) is 4.31 Å². The van der Waals surface area contributed by atoms with Crippen LogP contribution in [0, 0.1) is 5.92 Å². The normalized spacial score (nSPS) is 11.8. The maximum atomic E-state index is 13.3. The number of benzene rings is 2. The van der Waals surface area contributed by atoms with Crippen LogP contribution in [0.3, 0.4) is 0 Å². The summed E-state index contributed by atoms with van der Waals surface area (Å²) >= 11 is 3.37. The molecule has 0 aliphatic carbocycles. The van der Waals surface area contributed by atoms with Crippen LogP contribution in [0.2, 0.25) is 0 Å². The van der Waals surface area contributed by atoms with Gasteiger partial charge in [-0.1, -0.05) is 32.0 Å². The van der Waals surface area contributed by atoms with E-state index >= 15 is 0 Å². The van der Waals surface area contributed by atoms with Crippen molar-refractivity contribution >= 4 is 26.0 Å². The van der Waals surface area contributed by atoms with Crippen LogP contribution in [0.1, 0.15) is 25.8 Å². The van der Waals surface area contributed by atoms with Gasteiger partial charge < -0.3 is 9.47 Å². The second kappa shape index (κ2) is 9.57. The summed E-state index contributed by atoms with van der Waals surface area (Å²) in [5.74, 6) is 1.66. The highest BCUT2D eigenvalue weighted by molar-refractivity contribution is 9.10. The van der Waals surface area contributed by atoms with Crippen LogP contribution in [0.5, 0.6) is 11.5 Å². The van der Waals surface area contributed by atoms with Crippen molar-refractivity contribution in [2.45, 2.75) is 31.7 Å². The van der Waals surface area contributed by atoms with Crippen molar-refractivity contribution in [2.75, 3.05) is 20.8 Å². The maximum absolute atomic E-state index is 13.3. The highest BCUT2D eigenvalue weighted by atomic mass is 79.9. The first-order chi connectivity index (χ1) is 12.8. The zero-order chi connectivity index (χ0) is 20.0. The molecule has 0 aliphatic heterocycles. The Labute approximate surface area is 170 Å². The van der Waals surface area contributed by atoms with E-state index in [2.05, 4.69) is 29.8 Å². The molecule has 2 rings (SSSR count). The summed E-state index contributed by atoms with van der Waals surface area (Å²) in [7, 11) is -0.514. The third-order valence-corrected chi connectivity index (χ3v) is 7.11. The number of ether oxygens (including phenoxy) is 2. The van der Waals surface area contributed by atoms with Crippen molar-refractivity contribution in [1.29, 1.82) is 0 Å². The molecule has 27 heavy (non-hydrogen) atoms. The second-order valence-corrected chi connectivity index (χ2v) is 9.39. The SMILES string of the molecule is COc1ccc(CN(CCC(C)C)S(=O)(=O)c2ccccc2Br)c(OC)c1. The topological polar surface area (TPSA) is 55.8 Å². The first-order valence-corrected chi connectivity index (χ1v) is 11.0. The van der Waals surface area contributed by atoms with Crippen molar-refractivity contribution in [3.05, 3.63) is 52.5 Å². The van der Waals surface area contributed by atoms with Gasteiger partial charge in [0.15, 0.2) is 0 Å². The minimum atomic E-state index is -3.67. The smallest absolute Gasteiger partial charge is 0.244 e. The van der Waals surface area contributed by atoms with E-state index in [0.717, 1.165) is 12.0 Å². The van der Waals surface area contributed by atoms with Crippen LogP contribution in [-0.4, -0.2) is 33.5 Å². The molecule has 0 atom stereocenters. The summed E-state index contributed by atoms with van der Waals surface area (Å²) < 4.78 is 39.4. The Kier molecular flexibility index (Phi) is 7.70. The van der Waals surface area contributed by atoms with Gasteiger partial charge in [0.05, 0.1) is 19.1 Å². The third kappa shape index (κ3) is 5.46. The highest BCUT2D eigenvalue weighted by Gasteiger charge is 2.27. The largest absolute Gasteiger partial charge is 0.497 e. The van der Waals surface area contributed by atoms with Gasteiger partial charge in [-0.25, -0.2) is 8.42 Å². The number of hydrogen-bond donors (Lipinski definition) is 0.